The molecule has 0 amide bonds. The van der Waals surface area contributed by atoms with Gasteiger partial charge in [0, 0.05) is 17.2 Å². The summed E-state index contributed by atoms with van der Waals surface area (Å²) >= 11 is 0. The summed E-state index contributed by atoms with van der Waals surface area (Å²) in [6, 6.07) is 1.50. The predicted molar refractivity (Wildman–Crippen MR) is 80.4 cm³/mol. The van der Waals surface area contributed by atoms with Crippen LogP contribution in [0.2, 0.25) is 0 Å². The number of hydrogen-bond acceptors (Lipinski definition) is 8. The van der Waals surface area contributed by atoms with Crippen LogP contribution in [0.15, 0.2) is 11.6 Å². The lowest BCUT2D eigenvalue weighted by Crippen LogP contribution is -2.13. The van der Waals surface area contributed by atoms with Gasteiger partial charge in [-0.15, -0.1) is 0 Å². The number of hydrogen-bond donors (Lipinski definition) is 0. The lowest BCUT2D eigenvalue weighted by molar-refractivity contribution is -0.194. The summed E-state index contributed by atoms with van der Waals surface area (Å²) in [7, 11) is 3.74. The Labute approximate surface area is 137 Å². The first-order chi connectivity index (χ1) is 11.4. The van der Waals surface area contributed by atoms with Crippen molar-refractivity contribution in [2.45, 2.75) is 13.5 Å². The van der Waals surface area contributed by atoms with E-state index >= 15 is 0 Å². The minimum atomic E-state index is -0.826. The molecule has 0 bridgehead atoms. The molecule has 2 rings (SSSR count). The summed E-state index contributed by atoms with van der Waals surface area (Å²) < 4.78 is 14.6. The second kappa shape index (κ2) is 7.14. The van der Waals surface area contributed by atoms with Crippen molar-refractivity contribution in [2.75, 3.05) is 21.3 Å². The molecule has 0 saturated heterocycles. The van der Waals surface area contributed by atoms with Gasteiger partial charge in [0.15, 0.2) is 11.5 Å². The average molecular weight is 336 g/mol. The van der Waals surface area contributed by atoms with Gasteiger partial charge in [0.05, 0.1) is 26.9 Å². The topological polar surface area (TPSA) is 97.4 Å². The van der Waals surface area contributed by atoms with Gasteiger partial charge < -0.3 is 19.1 Å². The fourth-order valence-electron chi connectivity index (χ4n) is 2.27. The second-order valence-electron chi connectivity index (χ2n) is 4.79. The number of ether oxygens (including phenoxy) is 3. The van der Waals surface area contributed by atoms with E-state index in [1.807, 2.05) is 0 Å². The number of Topliss-reactive ketones (excluding diaryl/α,β-unsaturated/α-hetero) is 1. The van der Waals surface area contributed by atoms with E-state index in [1.54, 1.807) is 0 Å². The highest BCUT2D eigenvalue weighted by Crippen LogP contribution is 2.39. The van der Waals surface area contributed by atoms with Gasteiger partial charge >= 0.3 is 11.9 Å². The standard InChI is InChI=1S/C16H16O8/c1-8(17)9(15(18)21-3)5-10-12(20-2)6-13-11(7-23-24-13)14(10)16(19)22-4/h5-6H,7H2,1-4H3. The Morgan fingerprint density at radius 1 is 1.17 bits per heavy atom. The number of ketones is 1. The van der Waals surface area contributed by atoms with Crippen molar-refractivity contribution in [1.29, 1.82) is 0 Å². The first kappa shape index (κ1) is 17.5. The van der Waals surface area contributed by atoms with Crippen molar-refractivity contribution >= 4 is 23.8 Å². The van der Waals surface area contributed by atoms with Crippen LogP contribution in [0.1, 0.15) is 28.4 Å². The molecule has 1 aliphatic rings. The third-order valence-corrected chi connectivity index (χ3v) is 3.43. The largest absolute Gasteiger partial charge is 0.496 e. The van der Waals surface area contributed by atoms with E-state index in [9.17, 15) is 14.4 Å². The van der Waals surface area contributed by atoms with Crippen LogP contribution in [0.4, 0.5) is 0 Å². The van der Waals surface area contributed by atoms with Gasteiger partial charge in [0.25, 0.3) is 0 Å². The maximum Gasteiger partial charge on any atom is 0.341 e. The van der Waals surface area contributed by atoms with Crippen molar-refractivity contribution in [2.24, 2.45) is 0 Å². The van der Waals surface area contributed by atoms with Crippen molar-refractivity contribution in [3.05, 3.63) is 28.3 Å². The van der Waals surface area contributed by atoms with Crippen LogP contribution in [-0.4, -0.2) is 39.1 Å². The van der Waals surface area contributed by atoms with Crippen molar-refractivity contribution < 1.29 is 38.4 Å². The third kappa shape index (κ3) is 3.09. The van der Waals surface area contributed by atoms with Gasteiger partial charge in [-0.1, -0.05) is 0 Å². The molecule has 0 unspecified atom stereocenters. The monoisotopic (exact) mass is 336 g/mol. The Morgan fingerprint density at radius 3 is 2.42 bits per heavy atom. The Kier molecular flexibility index (Phi) is 5.20. The molecule has 24 heavy (non-hydrogen) atoms. The van der Waals surface area contributed by atoms with Gasteiger partial charge in [-0.3, -0.25) is 4.79 Å². The predicted octanol–water partition coefficient (Wildman–Crippen LogP) is 1.45. The van der Waals surface area contributed by atoms with E-state index in [2.05, 4.69) is 4.74 Å². The average Bonchev–Trinajstić information content (AvgIpc) is 3.04. The molecule has 1 aliphatic heterocycles. The summed E-state index contributed by atoms with van der Waals surface area (Å²) in [5.41, 5.74) is 0.488. The van der Waals surface area contributed by atoms with E-state index in [-0.39, 0.29) is 29.1 Å². The molecule has 0 N–H and O–H groups in total. The second-order valence-corrected chi connectivity index (χ2v) is 4.79. The maximum atomic E-state index is 12.2. The molecule has 8 heteroatoms. The molecular formula is C16H16O8. The van der Waals surface area contributed by atoms with Crippen LogP contribution in [0, 0.1) is 0 Å². The first-order valence-corrected chi connectivity index (χ1v) is 6.87. The zero-order valence-electron chi connectivity index (χ0n) is 13.6. The first-order valence-electron chi connectivity index (χ1n) is 6.87. The molecule has 0 radical (unpaired) electrons. The molecule has 1 aromatic rings. The Hall–Kier alpha value is -2.87. The van der Waals surface area contributed by atoms with Gasteiger partial charge in [-0.25, -0.2) is 9.59 Å². The third-order valence-electron chi connectivity index (χ3n) is 3.43. The van der Waals surface area contributed by atoms with E-state index in [0.717, 1.165) is 7.11 Å². The normalized spacial score (nSPS) is 12.9. The maximum absolute atomic E-state index is 12.2. The number of carbonyl (C=O) groups is 3. The van der Waals surface area contributed by atoms with Gasteiger partial charge in [-0.2, -0.15) is 4.89 Å². The quantitative estimate of drug-likeness (QED) is 0.262. The molecule has 0 aromatic heterocycles. The Bertz CT molecular complexity index is 732. The van der Waals surface area contributed by atoms with Crippen LogP contribution in [0.25, 0.3) is 6.08 Å². The number of fused-ring (bicyclic) bond motifs is 1. The number of methoxy groups -OCH3 is 3. The van der Waals surface area contributed by atoms with Gasteiger partial charge in [0.2, 0.25) is 0 Å². The number of carbonyl (C=O) groups excluding carboxylic acids is 3. The van der Waals surface area contributed by atoms with Crippen molar-refractivity contribution in [3.8, 4) is 11.5 Å². The highest BCUT2D eigenvalue weighted by molar-refractivity contribution is 6.20. The molecule has 0 atom stereocenters. The van der Waals surface area contributed by atoms with Gasteiger partial charge in [0.1, 0.15) is 17.9 Å². The molecular weight excluding hydrogens is 320 g/mol. The van der Waals surface area contributed by atoms with E-state index in [4.69, 9.17) is 19.2 Å². The summed E-state index contributed by atoms with van der Waals surface area (Å²) in [6.45, 7) is 1.23. The minimum Gasteiger partial charge on any atom is -0.496 e. The molecule has 0 spiro atoms. The molecule has 8 nitrogen and oxygen atoms in total. The van der Waals surface area contributed by atoms with Crippen LogP contribution < -0.4 is 9.62 Å². The van der Waals surface area contributed by atoms with E-state index < -0.39 is 17.7 Å². The minimum absolute atomic E-state index is 0.0121. The number of esters is 2. The highest BCUT2D eigenvalue weighted by Gasteiger charge is 2.29. The molecule has 0 saturated carbocycles. The van der Waals surface area contributed by atoms with Crippen LogP contribution in [0.5, 0.6) is 11.5 Å². The van der Waals surface area contributed by atoms with E-state index in [0.29, 0.717) is 11.3 Å². The Balaban J connectivity index is 2.78. The van der Waals surface area contributed by atoms with E-state index in [1.165, 1.54) is 33.3 Å². The van der Waals surface area contributed by atoms with Crippen LogP contribution in [0.3, 0.4) is 0 Å². The molecule has 1 aromatic carbocycles. The fourth-order valence-corrected chi connectivity index (χ4v) is 2.27. The lowest BCUT2D eigenvalue weighted by Gasteiger charge is -2.13. The Morgan fingerprint density at radius 2 is 1.88 bits per heavy atom. The summed E-state index contributed by atoms with van der Waals surface area (Å²) in [5, 5.41) is 0. The van der Waals surface area contributed by atoms with Crippen LogP contribution >= 0.6 is 0 Å². The number of rotatable bonds is 5. The zero-order valence-corrected chi connectivity index (χ0v) is 13.6. The SMILES string of the molecule is COC(=O)C(=Cc1c(OC)cc2c(c1C(=O)OC)COO2)C(C)=O. The van der Waals surface area contributed by atoms with Crippen molar-refractivity contribution in [3.63, 3.8) is 0 Å². The smallest absolute Gasteiger partial charge is 0.341 e. The lowest BCUT2D eigenvalue weighted by atomic mass is 9.96. The van der Waals surface area contributed by atoms with Crippen LogP contribution in [-0.2, 0) is 30.6 Å². The molecule has 128 valence electrons. The highest BCUT2D eigenvalue weighted by atomic mass is 17.2. The molecule has 0 fully saturated rings. The van der Waals surface area contributed by atoms with Gasteiger partial charge in [-0.05, 0) is 13.0 Å². The summed E-state index contributed by atoms with van der Waals surface area (Å²) in [6.07, 6.45) is 1.23. The van der Waals surface area contributed by atoms with Crippen molar-refractivity contribution in [1.82, 2.24) is 0 Å². The zero-order chi connectivity index (χ0) is 17.9. The summed E-state index contributed by atoms with van der Waals surface area (Å²) in [5.74, 6) is -1.52. The molecule has 1 heterocycles. The summed E-state index contributed by atoms with van der Waals surface area (Å²) in [4.78, 5) is 45.7. The fraction of sp³-hybridized carbons (Fsp3) is 0.312. The molecule has 0 aliphatic carbocycles. The number of benzene rings is 1.